The fourth-order valence-electron chi connectivity index (χ4n) is 0.795. The topological polar surface area (TPSA) is 82.1 Å². The summed E-state index contributed by atoms with van der Waals surface area (Å²) >= 11 is 0. The lowest BCUT2D eigenvalue weighted by Crippen LogP contribution is -2.24. The molecule has 0 aromatic carbocycles. The second-order valence-electron chi connectivity index (χ2n) is 2.80. The summed E-state index contributed by atoms with van der Waals surface area (Å²) in [5.74, 6) is -2.88. The van der Waals surface area contributed by atoms with E-state index in [1.54, 1.807) is 0 Å². The molecule has 0 spiro atoms. The van der Waals surface area contributed by atoms with Crippen LogP contribution >= 0.6 is 7.60 Å². The Morgan fingerprint density at radius 3 is 2.33 bits per heavy atom. The van der Waals surface area contributed by atoms with Crippen molar-refractivity contribution < 1.29 is 28.3 Å². The van der Waals surface area contributed by atoms with Crippen molar-refractivity contribution >= 4 is 13.6 Å². The number of rotatable bonds is 7. The molecule has 15 heavy (non-hydrogen) atoms. The predicted octanol–water partition coefficient (Wildman–Crippen LogP) is 1.13. The van der Waals surface area contributed by atoms with E-state index in [1.807, 2.05) is 6.92 Å². The van der Waals surface area contributed by atoms with Gasteiger partial charge in [-0.1, -0.05) is 13.3 Å². The van der Waals surface area contributed by atoms with E-state index in [0.717, 1.165) is 20.6 Å². The molecule has 0 aliphatic rings. The molecule has 0 amide bonds. The van der Waals surface area contributed by atoms with Crippen molar-refractivity contribution in [3.63, 3.8) is 0 Å². The molecule has 0 heterocycles. The summed E-state index contributed by atoms with van der Waals surface area (Å²) in [7, 11) is -1.62. The molecule has 1 unspecified atom stereocenters. The standard InChI is InChI=1S/C8H17O6P/c1-4-5-6-14-7(9)8(10)15(11,12-2)13-3/h8,10H,4-6H2,1-3H3. The first-order valence-corrected chi connectivity index (χ1v) is 6.19. The maximum absolute atomic E-state index is 11.5. The predicted molar refractivity (Wildman–Crippen MR) is 53.5 cm³/mol. The number of hydrogen-bond donors (Lipinski definition) is 1. The minimum Gasteiger partial charge on any atom is -0.463 e. The molecule has 0 aliphatic heterocycles. The Hall–Kier alpha value is -0.420. The number of carbonyl (C=O) groups is 1. The third-order valence-electron chi connectivity index (χ3n) is 1.76. The van der Waals surface area contributed by atoms with Crippen molar-refractivity contribution in [2.24, 2.45) is 0 Å². The average Bonchev–Trinajstić information content (AvgIpc) is 2.27. The Balaban J connectivity index is 4.24. The maximum Gasteiger partial charge on any atom is 0.369 e. The van der Waals surface area contributed by atoms with Crippen LogP contribution in [0.5, 0.6) is 0 Å². The second kappa shape index (κ2) is 6.95. The summed E-state index contributed by atoms with van der Waals surface area (Å²) in [6, 6.07) is 0. The van der Waals surface area contributed by atoms with Gasteiger partial charge in [-0.2, -0.15) is 0 Å². The number of unbranched alkanes of at least 4 members (excludes halogenated alkanes) is 1. The van der Waals surface area contributed by atoms with E-state index >= 15 is 0 Å². The molecule has 1 atom stereocenters. The van der Waals surface area contributed by atoms with Gasteiger partial charge in [0.15, 0.2) is 0 Å². The monoisotopic (exact) mass is 240 g/mol. The summed E-state index contributed by atoms with van der Waals surface area (Å²) < 4.78 is 25.1. The van der Waals surface area contributed by atoms with Crippen LogP contribution in [0.2, 0.25) is 0 Å². The van der Waals surface area contributed by atoms with E-state index < -0.39 is 19.4 Å². The molecule has 0 aliphatic carbocycles. The van der Waals surface area contributed by atoms with Crippen LogP contribution in [-0.4, -0.2) is 37.7 Å². The lowest BCUT2D eigenvalue weighted by atomic mass is 10.4. The normalized spacial score (nSPS) is 13.6. The molecular weight excluding hydrogens is 223 g/mol. The van der Waals surface area contributed by atoms with Crippen molar-refractivity contribution in [3.8, 4) is 0 Å². The first-order valence-electron chi connectivity index (χ1n) is 4.57. The first kappa shape index (κ1) is 14.6. The van der Waals surface area contributed by atoms with Gasteiger partial charge >= 0.3 is 13.6 Å². The number of ether oxygens (including phenoxy) is 1. The van der Waals surface area contributed by atoms with Gasteiger partial charge in [0.2, 0.25) is 0 Å². The lowest BCUT2D eigenvalue weighted by Gasteiger charge is -2.18. The lowest BCUT2D eigenvalue weighted by molar-refractivity contribution is -0.150. The van der Waals surface area contributed by atoms with Crippen LogP contribution in [-0.2, 0) is 23.1 Å². The quantitative estimate of drug-likeness (QED) is 0.408. The van der Waals surface area contributed by atoms with E-state index in [9.17, 15) is 14.5 Å². The summed E-state index contributed by atoms with van der Waals surface area (Å²) in [5, 5.41) is 9.35. The van der Waals surface area contributed by atoms with Crippen LogP contribution in [0, 0.1) is 0 Å². The zero-order chi connectivity index (χ0) is 11.9. The molecule has 0 rings (SSSR count). The van der Waals surface area contributed by atoms with Gasteiger partial charge in [0.1, 0.15) is 0 Å². The van der Waals surface area contributed by atoms with Gasteiger partial charge in [-0.25, -0.2) is 4.79 Å². The number of carbonyl (C=O) groups excluding carboxylic acids is 1. The Kier molecular flexibility index (Phi) is 6.76. The van der Waals surface area contributed by atoms with E-state index in [2.05, 4.69) is 13.8 Å². The van der Waals surface area contributed by atoms with Gasteiger partial charge < -0.3 is 18.9 Å². The first-order chi connectivity index (χ1) is 7.01. The molecular formula is C8H17O6P. The Morgan fingerprint density at radius 2 is 1.93 bits per heavy atom. The van der Waals surface area contributed by atoms with Gasteiger partial charge in [-0.3, -0.25) is 4.57 Å². The highest BCUT2D eigenvalue weighted by molar-refractivity contribution is 7.55. The third kappa shape index (κ3) is 4.30. The minimum atomic E-state index is -3.80. The molecule has 0 fully saturated rings. The van der Waals surface area contributed by atoms with Gasteiger partial charge in [0.25, 0.3) is 5.85 Å². The minimum absolute atomic E-state index is 0.180. The molecule has 6 nitrogen and oxygen atoms in total. The van der Waals surface area contributed by atoms with Crippen molar-refractivity contribution in [3.05, 3.63) is 0 Å². The molecule has 0 saturated heterocycles. The van der Waals surface area contributed by atoms with Crippen LogP contribution < -0.4 is 0 Å². The highest BCUT2D eigenvalue weighted by Crippen LogP contribution is 2.50. The number of aliphatic hydroxyl groups is 1. The van der Waals surface area contributed by atoms with Crippen LogP contribution in [0.15, 0.2) is 0 Å². The highest BCUT2D eigenvalue weighted by Gasteiger charge is 2.39. The molecule has 0 radical (unpaired) electrons. The molecule has 7 heteroatoms. The fourth-order valence-corrected chi connectivity index (χ4v) is 1.68. The number of aliphatic hydroxyl groups excluding tert-OH is 1. The third-order valence-corrected chi connectivity index (χ3v) is 3.59. The Labute approximate surface area is 89.1 Å². The van der Waals surface area contributed by atoms with Gasteiger partial charge in [-0.15, -0.1) is 0 Å². The zero-order valence-electron chi connectivity index (χ0n) is 9.13. The van der Waals surface area contributed by atoms with Crippen molar-refractivity contribution in [1.29, 1.82) is 0 Å². The SMILES string of the molecule is CCCCOC(=O)C(O)P(=O)(OC)OC. The summed E-state index contributed by atoms with van der Waals surface area (Å²) in [5.41, 5.74) is 0. The van der Waals surface area contributed by atoms with Crippen molar-refractivity contribution in [2.75, 3.05) is 20.8 Å². The van der Waals surface area contributed by atoms with Crippen LogP contribution in [0.4, 0.5) is 0 Å². The molecule has 0 aromatic heterocycles. The van der Waals surface area contributed by atoms with Crippen molar-refractivity contribution in [2.45, 2.75) is 25.6 Å². The second-order valence-corrected chi connectivity index (χ2v) is 5.10. The van der Waals surface area contributed by atoms with E-state index in [-0.39, 0.29) is 6.61 Å². The summed E-state index contributed by atoms with van der Waals surface area (Å²) in [6.07, 6.45) is 1.54. The van der Waals surface area contributed by atoms with Crippen LogP contribution in [0.25, 0.3) is 0 Å². The smallest absolute Gasteiger partial charge is 0.369 e. The van der Waals surface area contributed by atoms with E-state index in [4.69, 9.17) is 0 Å². The van der Waals surface area contributed by atoms with Crippen LogP contribution in [0.3, 0.4) is 0 Å². The maximum atomic E-state index is 11.5. The fraction of sp³-hybridized carbons (Fsp3) is 0.875. The Morgan fingerprint density at radius 1 is 1.40 bits per heavy atom. The van der Waals surface area contributed by atoms with Crippen LogP contribution in [0.1, 0.15) is 19.8 Å². The zero-order valence-corrected chi connectivity index (χ0v) is 10.0. The molecule has 0 saturated carbocycles. The van der Waals surface area contributed by atoms with Gasteiger partial charge in [0, 0.05) is 14.2 Å². The Bertz CT molecular complexity index is 233. The largest absolute Gasteiger partial charge is 0.463 e. The summed E-state index contributed by atoms with van der Waals surface area (Å²) in [6.45, 7) is 2.11. The van der Waals surface area contributed by atoms with E-state index in [0.29, 0.717) is 6.42 Å². The van der Waals surface area contributed by atoms with Gasteiger partial charge in [0.05, 0.1) is 6.61 Å². The number of hydrogen-bond acceptors (Lipinski definition) is 6. The molecule has 0 bridgehead atoms. The van der Waals surface area contributed by atoms with Crippen molar-refractivity contribution in [1.82, 2.24) is 0 Å². The molecule has 1 N–H and O–H groups in total. The average molecular weight is 240 g/mol. The molecule has 90 valence electrons. The van der Waals surface area contributed by atoms with E-state index in [1.165, 1.54) is 0 Å². The highest BCUT2D eigenvalue weighted by atomic mass is 31.2. The van der Waals surface area contributed by atoms with Gasteiger partial charge in [-0.05, 0) is 6.42 Å². The molecule has 0 aromatic rings. The summed E-state index contributed by atoms with van der Waals surface area (Å²) in [4.78, 5) is 11.2. The number of esters is 1.